The van der Waals surface area contributed by atoms with E-state index in [0.29, 0.717) is 13.0 Å². The van der Waals surface area contributed by atoms with Gasteiger partial charge in [0.15, 0.2) is 0 Å². The normalized spacial score (nSPS) is 20.4. The Hall–Kier alpha value is -1.88. The highest BCUT2D eigenvalue weighted by molar-refractivity contribution is 6.03. The summed E-state index contributed by atoms with van der Waals surface area (Å²) in [6.45, 7) is 0.634. The molecule has 0 radical (unpaired) electrons. The van der Waals surface area contributed by atoms with E-state index >= 15 is 0 Å². The summed E-state index contributed by atoms with van der Waals surface area (Å²) in [6.07, 6.45) is 2.16. The first-order chi connectivity index (χ1) is 8.29. The summed E-state index contributed by atoms with van der Waals surface area (Å²) in [6, 6.07) is 5.76. The number of benzene rings is 1. The highest BCUT2D eigenvalue weighted by Gasteiger charge is 2.31. The predicted molar refractivity (Wildman–Crippen MR) is 63.6 cm³/mol. The number of amides is 1. The average Bonchev–Trinajstić information content (AvgIpc) is 2.94. The SMILES string of the molecule is O=C1CC(CO)CN1c1cccc2cn[nH]c12. The van der Waals surface area contributed by atoms with Gasteiger partial charge in [-0.2, -0.15) is 5.10 Å². The third-order valence-corrected chi connectivity index (χ3v) is 3.21. The molecule has 1 atom stereocenters. The Bertz CT molecular complexity index is 564. The van der Waals surface area contributed by atoms with Crippen LogP contribution in [-0.4, -0.2) is 34.4 Å². The van der Waals surface area contributed by atoms with E-state index < -0.39 is 0 Å². The third-order valence-electron chi connectivity index (χ3n) is 3.21. The van der Waals surface area contributed by atoms with Gasteiger partial charge in [0.25, 0.3) is 0 Å². The number of nitrogens with one attached hydrogen (secondary N) is 1. The Labute approximate surface area is 98.0 Å². The minimum atomic E-state index is 0.0423. The molecule has 2 heterocycles. The molecule has 1 saturated heterocycles. The Balaban J connectivity index is 2.04. The number of fused-ring (bicyclic) bond motifs is 1. The molecule has 1 fully saturated rings. The number of nitrogens with zero attached hydrogens (tertiary/aromatic N) is 2. The van der Waals surface area contributed by atoms with Crippen LogP contribution in [0.3, 0.4) is 0 Å². The molecule has 0 aliphatic carbocycles. The van der Waals surface area contributed by atoms with Crippen molar-refractivity contribution in [2.75, 3.05) is 18.1 Å². The fourth-order valence-electron chi connectivity index (χ4n) is 2.31. The van der Waals surface area contributed by atoms with E-state index in [1.807, 2.05) is 18.2 Å². The van der Waals surface area contributed by atoms with Crippen LogP contribution < -0.4 is 4.90 Å². The highest BCUT2D eigenvalue weighted by atomic mass is 16.3. The number of aromatic nitrogens is 2. The molecular weight excluding hydrogens is 218 g/mol. The number of aliphatic hydroxyl groups excluding tert-OH is 1. The fraction of sp³-hybridized carbons (Fsp3) is 0.333. The highest BCUT2D eigenvalue weighted by Crippen LogP contribution is 2.30. The van der Waals surface area contributed by atoms with E-state index in [4.69, 9.17) is 5.11 Å². The van der Waals surface area contributed by atoms with Crippen molar-refractivity contribution in [2.24, 2.45) is 5.92 Å². The zero-order valence-electron chi connectivity index (χ0n) is 9.26. The summed E-state index contributed by atoms with van der Waals surface area (Å²) >= 11 is 0. The maximum Gasteiger partial charge on any atom is 0.227 e. The van der Waals surface area contributed by atoms with Gasteiger partial charge in [-0.1, -0.05) is 12.1 Å². The summed E-state index contributed by atoms with van der Waals surface area (Å²) in [4.78, 5) is 13.6. The van der Waals surface area contributed by atoms with Crippen molar-refractivity contribution in [1.82, 2.24) is 10.2 Å². The number of aromatic amines is 1. The minimum absolute atomic E-state index is 0.0423. The van der Waals surface area contributed by atoms with E-state index in [-0.39, 0.29) is 18.4 Å². The van der Waals surface area contributed by atoms with E-state index in [9.17, 15) is 4.79 Å². The van der Waals surface area contributed by atoms with Crippen molar-refractivity contribution in [3.63, 3.8) is 0 Å². The first-order valence-electron chi connectivity index (χ1n) is 5.63. The van der Waals surface area contributed by atoms with Gasteiger partial charge in [0.2, 0.25) is 5.91 Å². The second-order valence-corrected chi connectivity index (χ2v) is 4.37. The summed E-state index contributed by atoms with van der Waals surface area (Å²) in [5.74, 6) is 0.104. The number of H-pyrrole nitrogens is 1. The molecule has 1 aromatic heterocycles. The van der Waals surface area contributed by atoms with Crippen molar-refractivity contribution in [3.8, 4) is 0 Å². The Morgan fingerprint density at radius 2 is 2.41 bits per heavy atom. The number of anilines is 1. The van der Waals surface area contributed by atoms with E-state index in [0.717, 1.165) is 16.6 Å². The molecular formula is C12H13N3O2. The first-order valence-corrected chi connectivity index (χ1v) is 5.63. The van der Waals surface area contributed by atoms with Crippen molar-refractivity contribution < 1.29 is 9.90 Å². The van der Waals surface area contributed by atoms with Crippen LogP contribution in [0.15, 0.2) is 24.4 Å². The maximum atomic E-state index is 11.9. The zero-order valence-corrected chi connectivity index (χ0v) is 9.26. The molecule has 2 aromatic rings. The fourth-order valence-corrected chi connectivity index (χ4v) is 2.31. The van der Waals surface area contributed by atoms with Gasteiger partial charge < -0.3 is 10.0 Å². The molecule has 5 heteroatoms. The number of carbonyl (C=O) groups is 1. The van der Waals surface area contributed by atoms with E-state index in [2.05, 4.69) is 10.2 Å². The Kier molecular flexibility index (Phi) is 2.33. The molecule has 0 saturated carbocycles. The van der Waals surface area contributed by atoms with Crippen LogP contribution in [0.5, 0.6) is 0 Å². The minimum Gasteiger partial charge on any atom is -0.396 e. The van der Waals surface area contributed by atoms with Gasteiger partial charge >= 0.3 is 0 Å². The van der Waals surface area contributed by atoms with E-state index in [1.54, 1.807) is 11.1 Å². The van der Waals surface area contributed by atoms with Gasteiger partial charge in [-0.25, -0.2) is 0 Å². The summed E-state index contributed by atoms with van der Waals surface area (Å²) in [5, 5.41) is 17.0. The zero-order chi connectivity index (χ0) is 11.8. The smallest absolute Gasteiger partial charge is 0.227 e. The van der Waals surface area contributed by atoms with Crippen LogP contribution >= 0.6 is 0 Å². The molecule has 0 bridgehead atoms. The van der Waals surface area contributed by atoms with Gasteiger partial charge in [-0.05, 0) is 6.07 Å². The molecule has 1 aliphatic rings. The van der Waals surface area contributed by atoms with Crippen molar-refractivity contribution in [2.45, 2.75) is 6.42 Å². The average molecular weight is 231 g/mol. The lowest BCUT2D eigenvalue weighted by Gasteiger charge is -2.17. The number of carbonyl (C=O) groups excluding carboxylic acids is 1. The van der Waals surface area contributed by atoms with Gasteiger partial charge in [-0.15, -0.1) is 0 Å². The van der Waals surface area contributed by atoms with E-state index in [1.165, 1.54) is 0 Å². The molecule has 2 N–H and O–H groups in total. The lowest BCUT2D eigenvalue weighted by molar-refractivity contribution is -0.117. The van der Waals surface area contributed by atoms with Crippen LogP contribution in [0.1, 0.15) is 6.42 Å². The second kappa shape index (κ2) is 3.85. The topological polar surface area (TPSA) is 69.2 Å². The van der Waals surface area contributed by atoms with Gasteiger partial charge in [0.05, 0.1) is 17.4 Å². The van der Waals surface area contributed by atoms with Crippen LogP contribution in [0.25, 0.3) is 10.9 Å². The van der Waals surface area contributed by atoms with Crippen LogP contribution in [0.2, 0.25) is 0 Å². The number of hydrogen-bond donors (Lipinski definition) is 2. The standard InChI is InChI=1S/C12H13N3O2/c16-7-8-4-11(17)15(6-8)10-3-1-2-9-5-13-14-12(9)10/h1-3,5,8,16H,4,6-7H2,(H,13,14). The molecule has 0 spiro atoms. The van der Waals surface area contributed by atoms with Crippen molar-refractivity contribution in [3.05, 3.63) is 24.4 Å². The lowest BCUT2D eigenvalue weighted by Crippen LogP contribution is -2.25. The summed E-state index contributed by atoms with van der Waals surface area (Å²) < 4.78 is 0. The molecule has 17 heavy (non-hydrogen) atoms. The van der Waals surface area contributed by atoms with Gasteiger partial charge in [0, 0.05) is 30.9 Å². The largest absolute Gasteiger partial charge is 0.396 e. The molecule has 3 rings (SSSR count). The van der Waals surface area contributed by atoms with Crippen molar-refractivity contribution >= 4 is 22.5 Å². The predicted octanol–water partition coefficient (Wildman–Crippen LogP) is 0.908. The lowest BCUT2D eigenvalue weighted by atomic mass is 10.1. The Morgan fingerprint density at radius 3 is 3.18 bits per heavy atom. The van der Waals surface area contributed by atoms with Crippen molar-refractivity contribution in [1.29, 1.82) is 0 Å². The molecule has 1 aromatic carbocycles. The number of hydrogen-bond acceptors (Lipinski definition) is 3. The molecule has 1 unspecified atom stereocenters. The first kappa shape index (κ1) is 10.3. The molecule has 1 amide bonds. The molecule has 88 valence electrons. The van der Waals surface area contributed by atoms with Gasteiger partial charge in [0.1, 0.15) is 0 Å². The second-order valence-electron chi connectivity index (χ2n) is 4.37. The van der Waals surface area contributed by atoms with Gasteiger partial charge in [-0.3, -0.25) is 9.89 Å². The van der Waals surface area contributed by atoms with Crippen LogP contribution in [-0.2, 0) is 4.79 Å². The number of para-hydroxylation sites is 1. The Morgan fingerprint density at radius 1 is 1.53 bits per heavy atom. The monoisotopic (exact) mass is 231 g/mol. The summed E-state index contributed by atoms with van der Waals surface area (Å²) in [5.41, 5.74) is 1.72. The summed E-state index contributed by atoms with van der Waals surface area (Å²) in [7, 11) is 0. The number of rotatable bonds is 2. The quantitative estimate of drug-likeness (QED) is 0.807. The maximum absolute atomic E-state index is 11.9. The molecule has 5 nitrogen and oxygen atoms in total. The number of aliphatic hydroxyl groups is 1. The van der Waals surface area contributed by atoms with Crippen LogP contribution in [0, 0.1) is 5.92 Å². The molecule has 1 aliphatic heterocycles. The van der Waals surface area contributed by atoms with Crippen LogP contribution in [0.4, 0.5) is 5.69 Å². The third kappa shape index (κ3) is 1.59.